The Morgan fingerprint density at radius 3 is 2.83 bits per heavy atom. The molecule has 1 spiro atoms. The zero-order chi connectivity index (χ0) is 12.3. The second kappa shape index (κ2) is 3.82. The number of rotatable bonds is 0. The number of nitrogens with zero attached hydrogens (tertiary/aromatic N) is 1. The van der Waals surface area contributed by atoms with Crippen LogP contribution < -0.4 is 0 Å². The second-order valence-corrected chi connectivity index (χ2v) is 7.40. The SMILES string of the molecule is CC1C[C@H]2CC(=O)C3CCCN4CCC[C@H]2[C@]34C1. The third-order valence-corrected chi connectivity index (χ3v) is 6.50. The standard InChI is InChI=1S/C16H25NO/c1-11-8-12-9-15(18)14-5-3-7-17-6-2-4-13(12)16(14,17)10-11/h11-14H,2-10H2,1H3/t11?,12-,13+,14?,16+/m0/s1. The molecule has 4 fully saturated rings. The Morgan fingerprint density at radius 2 is 2.00 bits per heavy atom. The number of hydrogen-bond donors (Lipinski definition) is 0. The van der Waals surface area contributed by atoms with Gasteiger partial charge in [0.05, 0.1) is 0 Å². The van der Waals surface area contributed by atoms with E-state index in [-0.39, 0.29) is 0 Å². The molecule has 2 bridgehead atoms. The van der Waals surface area contributed by atoms with Gasteiger partial charge < -0.3 is 0 Å². The van der Waals surface area contributed by atoms with Crippen LogP contribution in [0.1, 0.15) is 51.9 Å². The highest BCUT2D eigenvalue weighted by molar-refractivity contribution is 5.84. The summed E-state index contributed by atoms with van der Waals surface area (Å²) in [6, 6.07) is 0. The minimum atomic E-state index is 0.314. The van der Waals surface area contributed by atoms with Gasteiger partial charge in [0.25, 0.3) is 0 Å². The van der Waals surface area contributed by atoms with Gasteiger partial charge >= 0.3 is 0 Å². The van der Waals surface area contributed by atoms with Crippen LogP contribution in [0.4, 0.5) is 0 Å². The van der Waals surface area contributed by atoms with Crippen molar-refractivity contribution in [3.63, 3.8) is 0 Å². The number of Topliss-reactive ketones (excluding diaryl/α,β-unsaturated/α-hetero) is 1. The van der Waals surface area contributed by atoms with E-state index in [0.29, 0.717) is 17.2 Å². The van der Waals surface area contributed by atoms with Gasteiger partial charge in [-0.3, -0.25) is 9.69 Å². The molecule has 5 atom stereocenters. The minimum absolute atomic E-state index is 0.314. The lowest BCUT2D eigenvalue weighted by molar-refractivity contribution is -0.172. The molecule has 0 aromatic carbocycles. The maximum Gasteiger partial charge on any atom is 0.138 e. The van der Waals surface area contributed by atoms with Crippen LogP contribution >= 0.6 is 0 Å². The van der Waals surface area contributed by atoms with Gasteiger partial charge in [-0.1, -0.05) is 6.92 Å². The topological polar surface area (TPSA) is 20.3 Å². The highest BCUT2D eigenvalue weighted by Crippen LogP contribution is 2.59. The summed E-state index contributed by atoms with van der Waals surface area (Å²) in [6.07, 6.45) is 8.75. The highest BCUT2D eigenvalue weighted by Gasteiger charge is 2.62. The van der Waals surface area contributed by atoms with Crippen LogP contribution in [-0.4, -0.2) is 29.3 Å². The largest absolute Gasteiger partial charge is 0.299 e. The van der Waals surface area contributed by atoms with E-state index >= 15 is 0 Å². The zero-order valence-electron chi connectivity index (χ0n) is 11.5. The van der Waals surface area contributed by atoms with E-state index in [0.717, 1.165) is 24.2 Å². The summed E-state index contributed by atoms with van der Waals surface area (Å²) in [5.74, 6) is 3.43. The molecule has 2 heterocycles. The Bertz CT molecular complexity index is 377. The van der Waals surface area contributed by atoms with Gasteiger partial charge in [-0.05, 0) is 69.4 Å². The molecular weight excluding hydrogens is 222 g/mol. The Labute approximate surface area is 110 Å². The third kappa shape index (κ3) is 1.31. The second-order valence-electron chi connectivity index (χ2n) is 7.40. The molecule has 2 aliphatic heterocycles. The lowest BCUT2D eigenvalue weighted by atomic mass is 9.48. The van der Waals surface area contributed by atoms with Crippen molar-refractivity contribution in [1.29, 1.82) is 0 Å². The predicted octanol–water partition coefficient (Wildman–Crippen LogP) is 2.87. The predicted molar refractivity (Wildman–Crippen MR) is 71.3 cm³/mol. The van der Waals surface area contributed by atoms with Gasteiger partial charge in [0.1, 0.15) is 5.78 Å². The third-order valence-electron chi connectivity index (χ3n) is 6.50. The summed E-state index contributed by atoms with van der Waals surface area (Å²) in [4.78, 5) is 15.3. The van der Waals surface area contributed by atoms with Crippen LogP contribution in [0.3, 0.4) is 0 Å². The van der Waals surface area contributed by atoms with Crippen molar-refractivity contribution < 1.29 is 4.79 Å². The molecule has 4 aliphatic rings. The van der Waals surface area contributed by atoms with Gasteiger partial charge in [0.2, 0.25) is 0 Å². The Morgan fingerprint density at radius 1 is 1.22 bits per heavy atom. The minimum Gasteiger partial charge on any atom is -0.299 e. The fourth-order valence-corrected chi connectivity index (χ4v) is 6.18. The Balaban J connectivity index is 1.82. The highest BCUT2D eigenvalue weighted by atomic mass is 16.1. The summed E-state index contributed by atoms with van der Waals surface area (Å²) < 4.78 is 0. The zero-order valence-corrected chi connectivity index (χ0v) is 11.5. The smallest absolute Gasteiger partial charge is 0.138 e. The molecular formula is C16H25NO. The first-order valence-electron chi connectivity index (χ1n) is 7.99. The van der Waals surface area contributed by atoms with Gasteiger partial charge in [-0.25, -0.2) is 0 Å². The van der Waals surface area contributed by atoms with Crippen molar-refractivity contribution in [2.24, 2.45) is 23.7 Å². The molecule has 0 aromatic heterocycles. The van der Waals surface area contributed by atoms with Crippen molar-refractivity contribution >= 4 is 5.78 Å². The lowest BCUT2D eigenvalue weighted by Crippen LogP contribution is -2.71. The molecule has 2 unspecified atom stereocenters. The normalized spacial score (nSPS) is 51.9. The van der Waals surface area contributed by atoms with Gasteiger partial charge in [-0.15, -0.1) is 0 Å². The van der Waals surface area contributed by atoms with Crippen molar-refractivity contribution in [3.8, 4) is 0 Å². The Hall–Kier alpha value is -0.370. The first kappa shape index (κ1) is 11.5. The molecule has 2 aliphatic carbocycles. The average molecular weight is 247 g/mol. The van der Waals surface area contributed by atoms with Crippen molar-refractivity contribution in [2.45, 2.75) is 57.4 Å². The molecule has 4 rings (SSSR count). The molecule has 18 heavy (non-hydrogen) atoms. The summed E-state index contributed by atoms with van der Waals surface area (Å²) >= 11 is 0. The van der Waals surface area contributed by atoms with E-state index in [4.69, 9.17) is 0 Å². The molecule has 0 radical (unpaired) electrons. The summed E-state index contributed by atoms with van der Waals surface area (Å²) in [5, 5.41) is 0. The monoisotopic (exact) mass is 247 g/mol. The van der Waals surface area contributed by atoms with E-state index < -0.39 is 0 Å². The molecule has 2 nitrogen and oxygen atoms in total. The van der Waals surface area contributed by atoms with E-state index in [1.165, 1.54) is 51.6 Å². The maximum absolute atomic E-state index is 12.5. The molecule has 0 N–H and O–H groups in total. The maximum atomic E-state index is 12.5. The molecule has 100 valence electrons. The summed E-state index contributed by atoms with van der Waals surface area (Å²) in [5.41, 5.74) is 0.314. The van der Waals surface area contributed by atoms with Gasteiger partial charge in [0.15, 0.2) is 0 Å². The molecule has 0 aromatic rings. The number of ketones is 1. The molecule has 2 heteroatoms. The van der Waals surface area contributed by atoms with E-state index in [9.17, 15) is 4.79 Å². The van der Waals surface area contributed by atoms with Crippen LogP contribution in [0.5, 0.6) is 0 Å². The first-order valence-corrected chi connectivity index (χ1v) is 7.99. The fraction of sp³-hybridized carbons (Fsp3) is 0.938. The Kier molecular flexibility index (Phi) is 2.43. The number of carbonyl (C=O) groups excluding carboxylic acids is 1. The molecule has 2 saturated carbocycles. The van der Waals surface area contributed by atoms with Gasteiger partial charge in [0, 0.05) is 17.9 Å². The lowest BCUT2D eigenvalue weighted by Gasteiger charge is -2.65. The summed E-state index contributed by atoms with van der Waals surface area (Å²) in [7, 11) is 0. The van der Waals surface area contributed by atoms with Crippen molar-refractivity contribution in [3.05, 3.63) is 0 Å². The van der Waals surface area contributed by atoms with E-state index in [1.807, 2.05) is 0 Å². The number of piperidine rings is 2. The van der Waals surface area contributed by atoms with Crippen LogP contribution in [0.2, 0.25) is 0 Å². The van der Waals surface area contributed by atoms with E-state index in [2.05, 4.69) is 11.8 Å². The number of carbonyl (C=O) groups is 1. The van der Waals surface area contributed by atoms with Crippen molar-refractivity contribution in [2.75, 3.05) is 13.1 Å². The van der Waals surface area contributed by atoms with E-state index in [1.54, 1.807) is 0 Å². The fourth-order valence-electron chi connectivity index (χ4n) is 6.18. The summed E-state index contributed by atoms with van der Waals surface area (Å²) in [6.45, 7) is 4.95. The average Bonchev–Trinajstić information content (AvgIpc) is 2.33. The van der Waals surface area contributed by atoms with Crippen molar-refractivity contribution in [1.82, 2.24) is 4.90 Å². The number of hydrogen-bond acceptors (Lipinski definition) is 2. The molecule has 2 saturated heterocycles. The van der Waals surface area contributed by atoms with Crippen LogP contribution in [-0.2, 0) is 4.79 Å². The van der Waals surface area contributed by atoms with Crippen LogP contribution in [0.25, 0.3) is 0 Å². The van der Waals surface area contributed by atoms with Gasteiger partial charge in [-0.2, -0.15) is 0 Å². The first-order chi connectivity index (χ1) is 8.72. The quantitative estimate of drug-likeness (QED) is 0.656. The van der Waals surface area contributed by atoms with Crippen LogP contribution in [0.15, 0.2) is 0 Å². The molecule has 0 amide bonds. The van der Waals surface area contributed by atoms with Crippen LogP contribution in [0, 0.1) is 23.7 Å².